The van der Waals surface area contributed by atoms with Crippen LogP contribution >= 0.6 is 0 Å². The summed E-state index contributed by atoms with van der Waals surface area (Å²) in [6, 6.07) is 5.82. The van der Waals surface area contributed by atoms with E-state index in [9.17, 15) is 17.6 Å². The summed E-state index contributed by atoms with van der Waals surface area (Å²) < 4.78 is 38.9. The first kappa shape index (κ1) is 21.3. The minimum absolute atomic E-state index is 0.0322. The Morgan fingerprint density at radius 3 is 2.44 bits per heavy atom. The molecule has 0 spiro atoms. The number of aromatic nitrogens is 5. The summed E-state index contributed by atoms with van der Waals surface area (Å²) in [5.41, 5.74) is 2.15. The van der Waals surface area contributed by atoms with Crippen LogP contribution in [-0.2, 0) is 16.6 Å². The van der Waals surface area contributed by atoms with Crippen LogP contribution in [0, 0.1) is 5.82 Å². The average Bonchev–Trinajstić information content (AvgIpc) is 3.21. The molecule has 12 heteroatoms. The molecule has 3 heterocycles. The minimum Gasteiger partial charge on any atom is -0.348 e. The van der Waals surface area contributed by atoms with Crippen LogP contribution in [0.4, 0.5) is 10.3 Å². The SMILES string of the molecule is CN(c1ncc(CNC(=O)c2cncc3c2cnn3-c2ccc(F)cc2)cn1)S(C)(=O)=O. The number of carbonyl (C=O) groups excluding carboxylic acids is 1. The van der Waals surface area contributed by atoms with E-state index in [1.54, 1.807) is 29.2 Å². The van der Waals surface area contributed by atoms with Crippen molar-refractivity contribution in [3.05, 3.63) is 72.2 Å². The molecule has 1 amide bonds. The molecule has 0 saturated carbocycles. The number of rotatable bonds is 6. The minimum atomic E-state index is -3.47. The zero-order valence-corrected chi connectivity index (χ0v) is 17.9. The molecule has 10 nitrogen and oxygen atoms in total. The van der Waals surface area contributed by atoms with Gasteiger partial charge in [-0.25, -0.2) is 31.8 Å². The van der Waals surface area contributed by atoms with Crippen molar-refractivity contribution < 1.29 is 17.6 Å². The molecule has 1 N–H and O–H groups in total. The molecule has 4 aromatic rings. The van der Waals surface area contributed by atoms with Crippen molar-refractivity contribution in [3.8, 4) is 5.69 Å². The predicted octanol–water partition coefficient (Wildman–Crippen LogP) is 1.68. The normalized spacial score (nSPS) is 11.5. The highest BCUT2D eigenvalue weighted by molar-refractivity contribution is 7.92. The summed E-state index contributed by atoms with van der Waals surface area (Å²) in [4.78, 5) is 24.9. The monoisotopic (exact) mass is 455 g/mol. The van der Waals surface area contributed by atoms with E-state index in [0.29, 0.717) is 27.7 Å². The topological polar surface area (TPSA) is 123 Å². The van der Waals surface area contributed by atoms with Crippen molar-refractivity contribution in [1.29, 1.82) is 0 Å². The van der Waals surface area contributed by atoms with Gasteiger partial charge in [-0.15, -0.1) is 0 Å². The number of halogens is 1. The van der Waals surface area contributed by atoms with Crippen LogP contribution in [0.3, 0.4) is 0 Å². The third-order valence-corrected chi connectivity index (χ3v) is 5.89. The molecule has 32 heavy (non-hydrogen) atoms. The fraction of sp³-hybridized carbons (Fsp3) is 0.150. The fourth-order valence-electron chi connectivity index (χ4n) is 2.94. The van der Waals surface area contributed by atoms with Crippen molar-refractivity contribution in [3.63, 3.8) is 0 Å². The highest BCUT2D eigenvalue weighted by atomic mass is 32.2. The lowest BCUT2D eigenvalue weighted by Gasteiger charge is -2.14. The molecule has 0 saturated heterocycles. The molecule has 164 valence electrons. The Bertz CT molecular complexity index is 1390. The third-order valence-electron chi connectivity index (χ3n) is 4.74. The maximum absolute atomic E-state index is 13.2. The molecule has 0 atom stereocenters. The molecule has 0 fully saturated rings. The van der Waals surface area contributed by atoms with Gasteiger partial charge in [-0.2, -0.15) is 5.10 Å². The number of sulfonamides is 1. The second-order valence-corrected chi connectivity index (χ2v) is 8.97. The molecule has 0 aliphatic heterocycles. The summed E-state index contributed by atoms with van der Waals surface area (Å²) in [6.07, 6.45) is 8.50. The Balaban J connectivity index is 1.52. The highest BCUT2D eigenvalue weighted by Gasteiger charge is 2.16. The Hall–Kier alpha value is -3.93. The first-order chi connectivity index (χ1) is 15.2. The number of hydrogen-bond donors (Lipinski definition) is 1. The van der Waals surface area contributed by atoms with Gasteiger partial charge in [-0.1, -0.05) is 0 Å². The lowest BCUT2D eigenvalue weighted by atomic mass is 10.1. The smallest absolute Gasteiger partial charge is 0.253 e. The largest absolute Gasteiger partial charge is 0.348 e. The van der Waals surface area contributed by atoms with E-state index in [0.717, 1.165) is 10.6 Å². The second kappa shape index (κ2) is 8.30. The van der Waals surface area contributed by atoms with Crippen LogP contribution in [0.15, 0.2) is 55.2 Å². The van der Waals surface area contributed by atoms with Crippen LogP contribution in [0.25, 0.3) is 16.6 Å². The zero-order valence-electron chi connectivity index (χ0n) is 17.1. The third kappa shape index (κ3) is 4.25. The first-order valence-electron chi connectivity index (χ1n) is 9.35. The van der Waals surface area contributed by atoms with E-state index in [1.165, 1.54) is 37.8 Å². The van der Waals surface area contributed by atoms with Crippen LogP contribution in [0.5, 0.6) is 0 Å². The highest BCUT2D eigenvalue weighted by Crippen LogP contribution is 2.21. The molecule has 0 unspecified atom stereocenters. The van der Waals surface area contributed by atoms with E-state index in [2.05, 4.69) is 25.4 Å². The summed E-state index contributed by atoms with van der Waals surface area (Å²) >= 11 is 0. The number of benzene rings is 1. The van der Waals surface area contributed by atoms with Crippen LogP contribution in [0.2, 0.25) is 0 Å². The van der Waals surface area contributed by atoms with E-state index >= 15 is 0 Å². The van der Waals surface area contributed by atoms with Gasteiger partial charge in [0.25, 0.3) is 5.91 Å². The van der Waals surface area contributed by atoms with Gasteiger partial charge in [0.05, 0.1) is 35.4 Å². The number of pyridine rings is 1. The number of nitrogens with one attached hydrogen (secondary N) is 1. The number of anilines is 1. The summed E-state index contributed by atoms with van der Waals surface area (Å²) in [5.74, 6) is -0.702. The summed E-state index contributed by atoms with van der Waals surface area (Å²) in [6.45, 7) is 0.129. The first-order valence-corrected chi connectivity index (χ1v) is 11.2. The molecular weight excluding hydrogens is 437 g/mol. The van der Waals surface area contributed by atoms with E-state index in [-0.39, 0.29) is 24.2 Å². The molecule has 3 aromatic heterocycles. The predicted molar refractivity (Wildman–Crippen MR) is 115 cm³/mol. The van der Waals surface area contributed by atoms with Gasteiger partial charge >= 0.3 is 0 Å². The Morgan fingerprint density at radius 2 is 1.78 bits per heavy atom. The number of fused-ring (bicyclic) bond motifs is 1. The van der Waals surface area contributed by atoms with Gasteiger partial charge in [0.15, 0.2) is 0 Å². The van der Waals surface area contributed by atoms with Crippen molar-refractivity contribution in [2.45, 2.75) is 6.54 Å². The molecule has 4 rings (SSSR count). The lowest BCUT2D eigenvalue weighted by Crippen LogP contribution is -2.27. The van der Waals surface area contributed by atoms with Gasteiger partial charge in [-0.05, 0) is 24.3 Å². The van der Waals surface area contributed by atoms with Gasteiger partial charge in [-0.3, -0.25) is 9.78 Å². The van der Waals surface area contributed by atoms with Crippen LogP contribution in [-0.4, -0.2) is 52.4 Å². The zero-order chi connectivity index (χ0) is 22.9. The summed E-state index contributed by atoms with van der Waals surface area (Å²) in [7, 11) is -2.11. The maximum atomic E-state index is 13.2. The Morgan fingerprint density at radius 1 is 1.09 bits per heavy atom. The molecule has 1 aromatic carbocycles. The van der Waals surface area contributed by atoms with Crippen LogP contribution < -0.4 is 9.62 Å². The van der Waals surface area contributed by atoms with E-state index in [4.69, 9.17) is 0 Å². The fourth-order valence-corrected chi connectivity index (χ4v) is 3.33. The van der Waals surface area contributed by atoms with Crippen molar-refractivity contribution in [2.24, 2.45) is 0 Å². The molecule has 0 aliphatic carbocycles. The van der Waals surface area contributed by atoms with E-state index < -0.39 is 10.0 Å². The Kier molecular flexibility index (Phi) is 5.53. The van der Waals surface area contributed by atoms with Gasteiger partial charge < -0.3 is 5.32 Å². The lowest BCUT2D eigenvalue weighted by molar-refractivity contribution is 0.0952. The number of nitrogens with zero attached hydrogens (tertiary/aromatic N) is 6. The molecule has 0 bridgehead atoms. The quantitative estimate of drug-likeness (QED) is 0.469. The van der Waals surface area contributed by atoms with Crippen molar-refractivity contribution in [1.82, 2.24) is 30.0 Å². The maximum Gasteiger partial charge on any atom is 0.253 e. The standard InChI is InChI=1S/C20H18FN7O3S/c1-27(32(2,30)31)20-24-8-13(9-25-20)7-23-19(29)17-10-22-12-18-16(17)11-26-28(18)15-5-3-14(21)4-6-15/h3-6,8-12H,7H2,1-2H3,(H,23,29). The molecular formula is C20H18FN7O3S. The molecule has 0 aliphatic rings. The number of carbonyl (C=O) groups is 1. The number of hydrogen-bond acceptors (Lipinski definition) is 7. The van der Waals surface area contributed by atoms with Gasteiger partial charge in [0.1, 0.15) is 5.82 Å². The van der Waals surface area contributed by atoms with Crippen molar-refractivity contribution >= 4 is 32.8 Å². The average molecular weight is 455 g/mol. The van der Waals surface area contributed by atoms with Crippen LogP contribution in [0.1, 0.15) is 15.9 Å². The van der Waals surface area contributed by atoms with Gasteiger partial charge in [0, 0.05) is 43.1 Å². The number of amides is 1. The second-order valence-electron chi connectivity index (χ2n) is 6.96. The Labute approximate surface area is 182 Å². The summed E-state index contributed by atoms with van der Waals surface area (Å²) in [5, 5.41) is 7.65. The molecule has 0 radical (unpaired) electrons. The van der Waals surface area contributed by atoms with Gasteiger partial charge in [0.2, 0.25) is 16.0 Å². The van der Waals surface area contributed by atoms with E-state index in [1.807, 2.05) is 0 Å². The van der Waals surface area contributed by atoms with Crippen molar-refractivity contribution in [2.75, 3.05) is 17.6 Å².